The molecule has 1 amide bonds. The SMILES string of the molecule is Cc1ccc(C(C)C)c(OCc2nnc(SCC(=O)NCc3ccccn3)n2N)c1. The number of pyridine rings is 1. The summed E-state index contributed by atoms with van der Waals surface area (Å²) in [4.78, 5) is 16.2. The van der Waals surface area contributed by atoms with Gasteiger partial charge in [-0.1, -0.05) is 43.8 Å². The number of nitrogens with zero attached hydrogens (tertiary/aromatic N) is 4. The number of nitrogens with two attached hydrogens (primary N) is 1. The number of thioether (sulfide) groups is 1. The van der Waals surface area contributed by atoms with Gasteiger partial charge in [0.1, 0.15) is 12.4 Å². The summed E-state index contributed by atoms with van der Waals surface area (Å²) in [5.41, 5.74) is 3.05. The third kappa shape index (κ3) is 5.73. The molecule has 0 aliphatic heterocycles. The molecule has 0 aliphatic carbocycles. The lowest BCUT2D eigenvalue weighted by molar-refractivity contribution is -0.118. The first-order valence-corrected chi connectivity index (χ1v) is 10.6. The van der Waals surface area contributed by atoms with Crippen molar-refractivity contribution >= 4 is 17.7 Å². The largest absolute Gasteiger partial charge is 0.485 e. The van der Waals surface area contributed by atoms with Gasteiger partial charge in [0.2, 0.25) is 11.1 Å². The van der Waals surface area contributed by atoms with E-state index in [2.05, 4.69) is 46.5 Å². The number of aromatic nitrogens is 4. The lowest BCUT2D eigenvalue weighted by atomic mass is 10.0. The third-order valence-corrected chi connectivity index (χ3v) is 5.35. The Morgan fingerprint density at radius 1 is 1.27 bits per heavy atom. The van der Waals surface area contributed by atoms with E-state index in [-0.39, 0.29) is 18.3 Å². The predicted molar refractivity (Wildman–Crippen MR) is 117 cm³/mol. The first-order valence-electron chi connectivity index (χ1n) is 9.66. The summed E-state index contributed by atoms with van der Waals surface area (Å²) in [6, 6.07) is 11.7. The number of carbonyl (C=O) groups excluding carboxylic acids is 1. The molecule has 0 radical (unpaired) electrons. The quantitative estimate of drug-likeness (QED) is 0.400. The molecule has 8 nitrogen and oxygen atoms in total. The van der Waals surface area contributed by atoms with Gasteiger partial charge in [-0.2, -0.15) is 0 Å². The van der Waals surface area contributed by atoms with Crippen LogP contribution < -0.4 is 15.9 Å². The summed E-state index contributed by atoms with van der Waals surface area (Å²) in [6.07, 6.45) is 1.69. The molecule has 2 aromatic heterocycles. The number of ether oxygens (including phenoxy) is 1. The Balaban J connectivity index is 1.53. The molecule has 0 aliphatic rings. The summed E-state index contributed by atoms with van der Waals surface area (Å²) in [6.45, 7) is 6.84. The topological polar surface area (TPSA) is 108 Å². The van der Waals surface area contributed by atoms with Gasteiger partial charge < -0.3 is 15.9 Å². The van der Waals surface area contributed by atoms with E-state index in [0.717, 1.165) is 22.6 Å². The van der Waals surface area contributed by atoms with Crippen molar-refractivity contribution in [2.45, 2.75) is 45.0 Å². The van der Waals surface area contributed by atoms with Crippen LogP contribution >= 0.6 is 11.8 Å². The van der Waals surface area contributed by atoms with E-state index in [1.165, 1.54) is 16.4 Å². The van der Waals surface area contributed by atoms with Crippen LogP contribution in [0.3, 0.4) is 0 Å². The fraction of sp³-hybridized carbons (Fsp3) is 0.333. The Morgan fingerprint density at radius 2 is 2.10 bits per heavy atom. The molecule has 0 unspecified atom stereocenters. The Labute approximate surface area is 180 Å². The summed E-state index contributed by atoms with van der Waals surface area (Å²) in [7, 11) is 0. The molecule has 3 rings (SSSR count). The van der Waals surface area contributed by atoms with Gasteiger partial charge >= 0.3 is 0 Å². The van der Waals surface area contributed by atoms with E-state index in [1.807, 2.05) is 31.2 Å². The molecule has 1 aromatic carbocycles. The maximum absolute atomic E-state index is 12.1. The highest BCUT2D eigenvalue weighted by Crippen LogP contribution is 2.28. The molecule has 0 atom stereocenters. The average Bonchev–Trinajstić information content (AvgIpc) is 3.09. The zero-order valence-corrected chi connectivity index (χ0v) is 18.1. The van der Waals surface area contributed by atoms with Crippen molar-refractivity contribution in [3.05, 3.63) is 65.2 Å². The molecule has 0 fully saturated rings. The number of carbonyl (C=O) groups is 1. The fourth-order valence-electron chi connectivity index (χ4n) is 2.76. The molecule has 0 saturated carbocycles. The molecule has 0 bridgehead atoms. The number of nitrogens with one attached hydrogen (secondary N) is 1. The van der Waals surface area contributed by atoms with Crippen molar-refractivity contribution in [2.24, 2.45) is 0 Å². The highest BCUT2D eigenvalue weighted by atomic mass is 32.2. The minimum Gasteiger partial charge on any atom is -0.485 e. The van der Waals surface area contributed by atoms with Crippen LogP contribution in [0.1, 0.15) is 42.4 Å². The van der Waals surface area contributed by atoms with Crippen LogP contribution in [-0.4, -0.2) is 31.5 Å². The van der Waals surface area contributed by atoms with Crippen molar-refractivity contribution in [2.75, 3.05) is 11.6 Å². The van der Waals surface area contributed by atoms with Crippen molar-refractivity contribution in [1.29, 1.82) is 0 Å². The highest BCUT2D eigenvalue weighted by Gasteiger charge is 2.14. The second kappa shape index (κ2) is 10.1. The molecule has 30 heavy (non-hydrogen) atoms. The van der Waals surface area contributed by atoms with Crippen molar-refractivity contribution in [3.63, 3.8) is 0 Å². The second-order valence-electron chi connectivity index (χ2n) is 7.14. The Bertz CT molecular complexity index is 990. The zero-order valence-electron chi connectivity index (χ0n) is 17.3. The first kappa shape index (κ1) is 21.6. The summed E-state index contributed by atoms with van der Waals surface area (Å²) < 4.78 is 7.34. The minimum atomic E-state index is -0.132. The van der Waals surface area contributed by atoms with Crippen LogP contribution in [0.25, 0.3) is 0 Å². The van der Waals surface area contributed by atoms with Gasteiger partial charge in [0.25, 0.3) is 0 Å². The van der Waals surface area contributed by atoms with Crippen molar-refractivity contribution in [1.82, 2.24) is 25.2 Å². The first-order chi connectivity index (χ1) is 14.4. The number of benzene rings is 1. The summed E-state index contributed by atoms with van der Waals surface area (Å²) >= 11 is 1.22. The van der Waals surface area contributed by atoms with E-state index in [0.29, 0.717) is 23.4 Å². The number of nitrogen functional groups attached to an aromatic ring is 1. The fourth-order valence-corrected chi connectivity index (χ4v) is 3.47. The van der Waals surface area contributed by atoms with Gasteiger partial charge in [-0.05, 0) is 42.2 Å². The summed E-state index contributed by atoms with van der Waals surface area (Å²) in [5, 5.41) is 11.4. The van der Waals surface area contributed by atoms with Crippen molar-refractivity contribution in [3.8, 4) is 5.75 Å². The van der Waals surface area contributed by atoms with Gasteiger partial charge in [0.05, 0.1) is 18.0 Å². The van der Waals surface area contributed by atoms with Crippen LogP contribution in [0.5, 0.6) is 5.75 Å². The highest BCUT2D eigenvalue weighted by molar-refractivity contribution is 7.99. The monoisotopic (exact) mass is 426 g/mol. The average molecular weight is 427 g/mol. The van der Waals surface area contributed by atoms with Crippen molar-refractivity contribution < 1.29 is 9.53 Å². The maximum Gasteiger partial charge on any atom is 0.230 e. The van der Waals surface area contributed by atoms with Gasteiger partial charge in [-0.15, -0.1) is 10.2 Å². The van der Waals surface area contributed by atoms with Crippen LogP contribution in [-0.2, 0) is 17.9 Å². The number of hydrogen-bond donors (Lipinski definition) is 2. The standard InChI is InChI=1S/C21H26N6O2S/c1-14(2)17-8-7-15(3)10-18(17)29-12-19-25-26-21(27(19)22)30-13-20(28)24-11-16-6-4-5-9-23-16/h4-10,14H,11-13,22H2,1-3H3,(H,24,28). The smallest absolute Gasteiger partial charge is 0.230 e. The second-order valence-corrected chi connectivity index (χ2v) is 8.08. The lowest BCUT2D eigenvalue weighted by Gasteiger charge is -2.14. The van der Waals surface area contributed by atoms with Crippen LogP contribution in [0.2, 0.25) is 0 Å². The van der Waals surface area contributed by atoms with Gasteiger partial charge in [0.15, 0.2) is 5.82 Å². The van der Waals surface area contributed by atoms with E-state index < -0.39 is 0 Å². The predicted octanol–water partition coefficient (Wildman–Crippen LogP) is 2.81. The number of rotatable bonds is 9. The third-order valence-electron chi connectivity index (χ3n) is 4.41. The normalized spacial score (nSPS) is 10.9. The van der Waals surface area contributed by atoms with E-state index in [9.17, 15) is 4.79 Å². The Kier molecular flexibility index (Phi) is 7.29. The molecule has 3 N–H and O–H groups in total. The number of amides is 1. The van der Waals surface area contributed by atoms with E-state index in [1.54, 1.807) is 6.20 Å². The molecular weight excluding hydrogens is 400 g/mol. The number of aryl methyl sites for hydroxylation is 1. The van der Waals surface area contributed by atoms with E-state index in [4.69, 9.17) is 10.6 Å². The Hall–Kier alpha value is -3.07. The van der Waals surface area contributed by atoms with Gasteiger partial charge in [0, 0.05) is 6.20 Å². The maximum atomic E-state index is 12.1. The molecule has 2 heterocycles. The zero-order chi connectivity index (χ0) is 21.5. The van der Waals surface area contributed by atoms with Gasteiger partial charge in [-0.3, -0.25) is 9.78 Å². The minimum absolute atomic E-state index is 0.132. The lowest BCUT2D eigenvalue weighted by Crippen LogP contribution is -2.25. The Morgan fingerprint density at radius 3 is 2.83 bits per heavy atom. The summed E-state index contributed by atoms with van der Waals surface area (Å²) in [5.74, 6) is 7.79. The van der Waals surface area contributed by atoms with Crippen LogP contribution in [0.4, 0.5) is 0 Å². The van der Waals surface area contributed by atoms with Crippen LogP contribution in [0, 0.1) is 6.92 Å². The molecule has 158 valence electrons. The number of hydrogen-bond acceptors (Lipinski definition) is 7. The van der Waals surface area contributed by atoms with Crippen LogP contribution in [0.15, 0.2) is 47.8 Å². The molecule has 3 aromatic rings. The molecule has 0 saturated heterocycles. The molecular formula is C21H26N6O2S. The molecule has 9 heteroatoms. The van der Waals surface area contributed by atoms with E-state index >= 15 is 0 Å². The van der Waals surface area contributed by atoms with Gasteiger partial charge in [-0.25, -0.2) is 4.68 Å². The molecule has 0 spiro atoms.